The van der Waals surface area contributed by atoms with Crippen LogP contribution < -0.4 is 15.5 Å². The van der Waals surface area contributed by atoms with Gasteiger partial charge in [0, 0.05) is 30.1 Å². The van der Waals surface area contributed by atoms with E-state index in [0.717, 1.165) is 30.3 Å². The van der Waals surface area contributed by atoms with Crippen molar-refractivity contribution in [3.63, 3.8) is 0 Å². The van der Waals surface area contributed by atoms with E-state index in [9.17, 15) is 9.59 Å². The molecular formula is C17H21N5O2. The van der Waals surface area contributed by atoms with Gasteiger partial charge in [-0.25, -0.2) is 14.8 Å². The van der Waals surface area contributed by atoms with Crippen molar-refractivity contribution in [3.8, 4) is 0 Å². The predicted molar refractivity (Wildman–Crippen MR) is 86.8 cm³/mol. The number of rotatable bonds is 3. The third-order valence-corrected chi connectivity index (χ3v) is 5.52. The van der Waals surface area contributed by atoms with Gasteiger partial charge in [-0.2, -0.15) is 0 Å². The Hall–Kier alpha value is -2.18. The summed E-state index contributed by atoms with van der Waals surface area (Å²) in [5.41, 5.74) is 0.348. The van der Waals surface area contributed by atoms with E-state index in [-0.39, 0.29) is 11.9 Å². The Balaban J connectivity index is 1.47. The maximum Gasteiger partial charge on any atom is 0.322 e. The van der Waals surface area contributed by atoms with Crippen LogP contribution in [0.3, 0.4) is 0 Å². The fourth-order valence-electron chi connectivity index (χ4n) is 3.81. The lowest BCUT2D eigenvalue weighted by molar-refractivity contribution is -0.124. The summed E-state index contributed by atoms with van der Waals surface area (Å²) in [6, 6.07) is 1.71. The van der Waals surface area contributed by atoms with Crippen LogP contribution in [0.25, 0.3) is 0 Å². The molecule has 3 heterocycles. The van der Waals surface area contributed by atoms with Gasteiger partial charge >= 0.3 is 6.03 Å². The lowest BCUT2D eigenvalue weighted by Gasteiger charge is -2.38. The molecule has 1 spiro atoms. The molecular weight excluding hydrogens is 306 g/mol. The number of imide groups is 1. The van der Waals surface area contributed by atoms with Gasteiger partial charge in [0.1, 0.15) is 17.2 Å². The van der Waals surface area contributed by atoms with Crippen molar-refractivity contribution < 1.29 is 9.59 Å². The molecule has 2 saturated carbocycles. The smallest absolute Gasteiger partial charge is 0.322 e. The van der Waals surface area contributed by atoms with E-state index >= 15 is 0 Å². The first-order chi connectivity index (χ1) is 11.6. The third-order valence-electron chi connectivity index (χ3n) is 5.52. The average molecular weight is 327 g/mol. The fourth-order valence-corrected chi connectivity index (χ4v) is 3.81. The summed E-state index contributed by atoms with van der Waals surface area (Å²) >= 11 is 0. The summed E-state index contributed by atoms with van der Waals surface area (Å²) in [7, 11) is 0. The fraction of sp³-hybridized carbons (Fsp3) is 0.647. The number of urea groups is 1. The van der Waals surface area contributed by atoms with Crippen molar-refractivity contribution in [2.45, 2.75) is 55.9 Å². The summed E-state index contributed by atoms with van der Waals surface area (Å²) in [5, 5.41) is 5.21. The standard InChI is InChI=1S/C17H21N5O2/c23-15-17(21-16(24)20-15)6-1-7-22(9-17)13-8-12(10-2-3-10)18-14(19-13)11-4-5-11/h8,10-11H,1-7,9H2,(H2,20,21,23,24). The molecule has 1 unspecified atom stereocenters. The van der Waals surface area contributed by atoms with Crippen LogP contribution in [0, 0.1) is 0 Å². The molecule has 3 amide bonds. The minimum atomic E-state index is -0.806. The van der Waals surface area contributed by atoms with Crippen LogP contribution >= 0.6 is 0 Å². The SMILES string of the molecule is O=C1NC(=O)C2(CCCN(c3cc(C4CC4)nc(C4CC4)n3)C2)N1. The van der Waals surface area contributed by atoms with Crippen LogP contribution in [-0.2, 0) is 4.79 Å². The van der Waals surface area contributed by atoms with Crippen molar-refractivity contribution in [2.75, 3.05) is 18.0 Å². The Morgan fingerprint density at radius 1 is 1.12 bits per heavy atom. The van der Waals surface area contributed by atoms with Crippen molar-refractivity contribution in [2.24, 2.45) is 0 Å². The summed E-state index contributed by atoms with van der Waals surface area (Å²) < 4.78 is 0. The number of amides is 3. The lowest BCUT2D eigenvalue weighted by atomic mass is 9.89. The lowest BCUT2D eigenvalue weighted by Crippen LogP contribution is -2.58. The van der Waals surface area contributed by atoms with Crippen LogP contribution in [-0.4, -0.2) is 40.5 Å². The molecule has 2 saturated heterocycles. The highest BCUT2D eigenvalue weighted by Gasteiger charge is 2.49. The molecule has 2 aliphatic heterocycles. The van der Waals surface area contributed by atoms with Gasteiger partial charge in [-0.15, -0.1) is 0 Å². The van der Waals surface area contributed by atoms with Crippen LogP contribution in [0.2, 0.25) is 0 Å². The number of carbonyl (C=O) groups excluding carboxylic acids is 2. The highest BCUT2D eigenvalue weighted by Crippen LogP contribution is 2.43. The molecule has 2 N–H and O–H groups in total. The molecule has 7 heteroatoms. The molecule has 1 atom stereocenters. The molecule has 4 fully saturated rings. The molecule has 5 rings (SSSR count). The Labute approximate surface area is 140 Å². The second kappa shape index (κ2) is 4.91. The number of nitrogens with one attached hydrogen (secondary N) is 2. The molecule has 1 aromatic heterocycles. The van der Waals surface area contributed by atoms with Crippen LogP contribution in [0.4, 0.5) is 10.6 Å². The first-order valence-electron chi connectivity index (χ1n) is 8.90. The van der Waals surface area contributed by atoms with E-state index < -0.39 is 5.54 Å². The predicted octanol–water partition coefficient (Wildman–Crippen LogP) is 1.41. The first kappa shape index (κ1) is 14.2. The molecule has 0 radical (unpaired) electrons. The first-order valence-corrected chi connectivity index (χ1v) is 8.90. The molecule has 24 heavy (non-hydrogen) atoms. The molecule has 0 bridgehead atoms. The average Bonchev–Trinajstić information content (AvgIpc) is 3.47. The van der Waals surface area contributed by atoms with Crippen molar-refractivity contribution in [1.82, 2.24) is 20.6 Å². The van der Waals surface area contributed by atoms with E-state index in [0.29, 0.717) is 24.8 Å². The Morgan fingerprint density at radius 3 is 2.58 bits per heavy atom. The number of nitrogens with zero attached hydrogens (tertiary/aromatic N) is 3. The minimum Gasteiger partial charge on any atom is -0.354 e. The molecule has 4 aliphatic rings. The van der Waals surface area contributed by atoms with Crippen LogP contribution in [0.15, 0.2) is 6.07 Å². The maximum atomic E-state index is 12.3. The number of aromatic nitrogens is 2. The molecule has 126 valence electrons. The summed E-state index contributed by atoms with van der Waals surface area (Å²) in [6.45, 7) is 1.34. The van der Waals surface area contributed by atoms with Gasteiger partial charge in [0.15, 0.2) is 0 Å². The van der Waals surface area contributed by atoms with E-state index in [1.54, 1.807) is 0 Å². The largest absolute Gasteiger partial charge is 0.354 e. The van der Waals surface area contributed by atoms with Crippen molar-refractivity contribution in [3.05, 3.63) is 17.6 Å². The van der Waals surface area contributed by atoms with Crippen LogP contribution in [0.5, 0.6) is 0 Å². The Kier molecular flexibility index (Phi) is 2.90. The van der Waals surface area contributed by atoms with Gasteiger partial charge in [-0.1, -0.05) is 0 Å². The van der Waals surface area contributed by atoms with Crippen LogP contribution in [0.1, 0.15) is 61.9 Å². The summed E-state index contributed by atoms with van der Waals surface area (Å²) in [4.78, 5) is 35.6. The molecule has 0 aromatic carbocycles. The topological polar surface area (TPSA) is 87.2 Å². The van der Waals surface area contributed by atoms with E-state index in [1.165, 1.54) is 25.7 Å². The number of hydrogen-bond donors (Lipinski definition) is 2. The van der Waals surface area contributed by atoms with Gasteiger partial charge in [0.2, 0.25) is 0 Å². The van der Waals surface area contributed by atoms with E-state index in [2.05, 4.69) is 21.6 Å². The van der Waals surface area contributed by atoms with Gasteiger partial charge in [-0.3, -0.25) is 10.1 Å². The van der Waals surface area contributed by atoms with Gasteiger partial charge in [0.25, 0.3) is 5.91 Å². The number of hydrogen-bond acceptors (Lipinski definition) is 5. The van der Waals surface area contributed by atoms with Crippen molar-refractivity contribution in [1.29, 1.82) is 0 Å². The molecule has 1 aromatic rings. The Morgan fingerprint density at radius 2 is 1.92 bits per heavy atom. The second-order valence-corrected chi connectivity index (χ2v) is 7.57. The third kappa shape index (κ3) is 2.34. The van der Waals surface area contributed by atoms with Gasteiger partial charge in [0.05, 0.1) is 6.54 Å². The minimum absolute atomic E-state index is 0.212. The quantitative estimate of drug-likeness (QED) is 0.820. The maximum absolute atomic E-state index is 12.3. The highest BCUT2D eigenvalue weighted by molar-refractivity contribution is 6.07. The monoisotopic (exact) mass is 327 g/mol. The van der Waals surface area contributed by atoms with Gasteiger partial charge < -0.3 is 10.2 Å². The molecule has 2 aliphatic carbocycles. The van der Waals surface area contributed by atoms with E-state index in [4.69, 9.17) is 9.97 Å². The summed E-state index contributed by atoms with van der Waals surface area (Å²) in [6.07, 6.45) is 6.31. The van der Waals surface area contributed by atoms with E-state index in [1.807, 2.05) is 0 Å². The zero-order valence-electron chi connectivity index (χ0n) is 13.5. The summed E-state index contributed by atoms with van der Waals surface area (Å²) in [5.74, 6) is 2.76. The number of piperidine rings is 1. The molecule has 7 nitrogen and oxygen atoms in total. The second-order valence-electron chi connectivity index (χ2n) is 7.57. The number of anilines is 1. The Bertz CT molecular complexity index is 697. The number of carbonyl (C=O) groups is 2. The highest BCUT2D eigenvalue weighted by atomic mass is 16.2. The van der Waals surface area contributed by atoms with Gasteiger partial charge in [-0.05, 0) is 38.5 Å². The normalized spacial score (nSPS) is 29.8. The zero-order valence-corrected chi connectivity index (χ0v) is 13.5. The van der Waals surface area contributed by atoms with Crippen molar-refractivity contribution >= 4 is 17.8 Å². The zero-order chi connectivity index (χ0) is 16.3.